The van der Waals surface area contributed by atoms with Gasteiger partial charge in [-0.1, -0.05) is 127 Å². The lowest BCUT2D eigenvalue weighted by molar-refractivity contribution is -0.117. The highest BCUT2D eigenvalue weighted by atomic mass is 32.2. The standard InChI is InChI=1S/C42H45N5S.C38H43N5OS/c1-6-45(7-2)33-23-20-30(21-24-33)42(31-22-27-40-36(28-31)35-18-14-15-19-39(35)47(40)10-5)37-26-25-34(46(8-3)9-4)29-38(37)44-41(48-42)43-32-16-12-11-13-17-32;1-7-41(8-2)29-19-16-27(17-20-29)38(28-18-23-36-32(24-28)31-14-12-13-15-35(31)43(36)11-5)33-22-21-30(42(9-3)10-4)25-34(33)40-37(45-38)39-26(6)44/h11-29H,6-10H2,1-5H3,(H,43,44);12-25H,7-11H2,1-6H3,(H,39,40,44). The quantitative estimate of drug-likeness (QED) is 0.0828. The Morgan fingerprint density at radius 2 is 0.742 bits per heavy atom. The normalized spacial score (nSPS) is 15.9. The summed E-state index contributed by atoms with van der Waals surface area (Å²) >= 11 is 3.42. The lowest BCUT2D eigenvalue weighted by atomic mass is 9.82. The molecule has 11 aromatic rings. The molecule has 4 heterocycles. The van der Waals surface area contributed by atoms with E-state index in [0.29, 0.717) is 5.17 Å². The van der Waals surface area contributed by atoms with Crippen LogP contribution >= 0.6 is 23.5 Å². The number of fused-ring (bicyclic) bond motifs is 8. The van der Waals surface area contributed by atoms with Gasteiger partial charge < -0.3 is 39.4 Å². The smallest absolute Gasteiger partial charge is 0.222 e. The minimum absolute atomic E-state index is 0.128. The van der Waals surface area contributed by atoms with Crippen molar-refractivity contribution in [1.29, 1.82) is 0 Å². The van der Waals surface area contributed by atoms with Gasteiger partial charge in [0.1, 0.15) is 9.49 Å². The van der Waals surface area contributed by atoms with Crippen LogP contribution in [0.15, 0.2) is 210 Å². The molecular weight excluding hydrogens is 1180 g/mol. The van der Waals surface area contributed by atoms with Gasteiger partial charge in [-0.25, -0.2) is 9.98 Å². The summed E-state index contributed by atoms with van der Waals surface area (Å²) in [4.78, 5) is 32.4. The summed E-state index contributed by atoms with van der Waals surface area (Å²) < 4.78 is 3.62. The zero-order chi connectivity index (χ0) is 65.0. The maximum atomic E-state index is 12.5. The first-order valence-electron chi connectivity index (χ1n) is 33.6. The van der Waals surface area contributed by atoms with Crippen molar-refractivity contribution in [3.8, 4) is 0 Å². The van der Waals surface area contributed by atoms with E-state index in [1.807, 2.05) is 0 Å². The SMILES string of the molecule is CCN(CC)c1ccc(C2(c3ccc4c(c3)c3ccccc3n4CC)SC(NC(C)=O)=Nc3cc(N(CC)CC)ccc32)cc1.CCN(CC)c1ccc(C2(c3ccc4c(c3)c3ccccc3n4CC)SC(Nc3ccccc3)=Nc3cc(N(CC)CC)ccc32)cc1. The van der Waals surface area contributed by atoms with Crippen molar-refractivity contribution >= 4 is 123 Å². The van der Waals surface area contributed by atoms with Crippen LogP contribution in [0.5, 0.6) is 0 Å². The van der Waals surface area contributed by atoms with Crippen molar-refractivity contribution in [2.75, 3.05) is 77.3 Å². The van der Waals surface area contributed by atoms with Gasteiger partial charge in [-0.05, 0) is 189 Å². The maximum Gasteiger partial charge on any atom is 0.222 e. The zero-order valence-electron chi connectivity index (χ0n) is 55.9. The fourth-order valence-electron chi connectivity index (χ4n) is 14.4. The molecule has 0 saturated heterocycles. The summed E-state index contributed by atoms with van der Waals surface area (Å²) in [6, 6.07) is 73.8. The Morgan fingerprint density at radius 1 is 0.387 bits per heavy atom. The molecule has 2 unspecified atom stereocenters. The number of carbonyl (C=O) groups excluding carboxylic acids is 1. The van der Waals surface area contributed by atoms with Crippen LogP contribution in [0, 0.1) is 0 Å². The zero-order valence-corrected chi connectivity index (χ0v) is 57.6. The first-order chi connectivity index (χ1) is 45.4. The predicted molar refractivity (Wildman–Crippen MR) is 403 cm³/mol. The molecule has 0 spiro atoms. The second-order valence-corrected chi connectivity index (χ2v) is 26.2. The Bertz CT molecular complexity index is 4540. The second-order valence-electron chi connectivity index (χ2n) is 23.7. The summed E-state index contributed by atoms with van der Waals surface area (Å²) in [5.74, 6) is -0.128. The van der Waals surface area contributed by atoms with E-state index in [0.717, 1.165) is 110 Å². The van der Waals surface area contributed by atoms with Crippen LogP contribution in [-0.2, 0) is 27.4 Å². The summed E-state index contributed by atoms with van der Waals surface area (Å²) in [5, 5.41) is 13.3. The van der Waals surface area contributed by atoms with Gasteiger partial charge in [0, 0.05) is 156 Å². The number of benzene rings is 9. The van der Waals surface area contributed by atoms with Gasteiger partial charge in [-0.15, -0.1) is 0 Å². The van der Waals surface area contributed by atoms with E-state index in [1.165, 1.54) is 77.4 Å². The molecule has 9 aromatic carbocycles. The first-order valence-corrected chi connectivity index (χ1v) is 35.2. The van der Waals surface area contributed by atoms with Gasteiger partial charge in [0.25, 0.3) is 0 Å². The molecule has 0 saturated carbocycles. The average molecular weight is 1270 g/mol. The highest BCUT2D eigenvalue weighted by Gasteiger charge is 2.46. The highest BCUT2D eigenvalue weighted by Crippen LogP contribution is 2.58. The van der Waals surface area contributed by atoms with E-state index in [-0.39, 0.29) is 5.91 Å². The molecular formula is C80H88N10OS2. The van der Waals surface area contributed by atoms with Crippen LogP contribution in [0.4, 0.5) is 39.8 Å². The molecule has 0 aliphatic carbocycles. The molecule has 2 N–H and O–H groups in total. The summed E-state index contributed by atoms with van der Waals surface area (Å²) in [6.07, 6.45) is 0. The number of nitrogens with zero attached hydrogens (tertiary/aromatic N) is 8. The van der Waals surface area contributed by atoms with E-state index in [4.69, 9.17) is 9.98 Å². The number of aliphatic imine (C=N–C) groups is 2. The van der Waals surface area contributed by atoms with Gasteiger partial charge in [0.05, 0.1) is 11.4 Å². The number of para-hydroxylation sites is 3. The lowest BCUT2D eigenvalue weighted by Gasteiger charge is -2.39. The van der Waals surface area contributed by atoms with Gasteiger partial charge in [0.15, 0.2) is 10.3 Å². The average Bonchev–Trinajstić information content (AvgIpc) is 1.59. The number of nitrogens with one attached hydrogen (secondary N) is 2. The Kier molecular flexibility index (Phi) is 19.1. The van der Waals surface area contributed by atoms with E-state index < -0.39 is 9.49 Å². The lowest BCUT2D eigenvalue weighted by Crippen LogP contribution is -2.36. The van der Waals surface area contributed by atoms with Crippen molar-refractivity contribution in [3.05, 3.63) is 234 Å². The number of carbonyl (C=O) groups is 1. The van der Waals surface area contributed by atoms with Crippen LogP contribution in [-0.4, -0.2) is 77.7 Å². The number of aryl methyl sites for hydroxylation is 2. The minimum atomic E-state index is -0.651. The largest absolute Gasteiger partial charge is 0.372 e. The van der Waals surface area contributed by atoms with Crippen LogP contribution in [0.25, 0.3) is 43.6 Å². The molecule has 2 atom stereocenters. The number of thioether (sulfide) groups is 2. The van der Waals surface area contributed by atoms with E-state index in [2.05, 4.69) is 309 Å². The molecule has 13 rings (SSSR count). The Morgan fingerprint density at radius 3 is 1.15 bits per heavy atom. The molecule has 11 nitrogen and oxygen atoms in total. The summed E-state index contributed by atoms with van der Waals surface area (Å²) in [5.41, 5.74) is 19.8. The number of hydrogen-bond acceptors (Lipinski definition) is 10. The monoisotopic (exact) mass is 1270 g/mol. The molecule has 2 aliphatic heterocycles. The molecule has 2 aromatic heterocycles. The molecule has 13 heteroatoms. The van der Waals surface area contributed by atoms with Crippen LogP contribution < -0.4 is 30.2 Å². The third kappa shape index (κ3) is 11.8. The highest BCUT2D eigenvalue weighted by molar-refractivity contribution is 8.15. The van der Waals surface area contributed by atoms with Crippen molar-refractivity contribution in [2.45, 2.75) is 98.7 Å². The van der Waals surface area contributed by atoms with Crippen molar-refractivity contribution in [3.63, 3.8) is 0 Å². The van der Waals surface area contributed by atoms with Crippen molar-refractivity contribution in [2.24, 2.45) is 9.98 Å². The first kappa shape index (κ1) is 64.2. The second kappa shape index (κ2) is 27.7. The molecule has 2 aliphatic rings. The van der Waals surface area contributed by atoms with Crippen molar-refractivity contribution in [1.82, 2.24) is 14.5 Å². The van der Waals surface area contributed by atoms with E-state index >= 15 is 0 Å². The fourth-order valence-corrected chi connectivity index (χ4v) is 17.2. The summed E-state index contributed by atoms with van der Waals surface area (Å²) in [6.45, 7) is 33.0. The molecule has 0 fully saturated rings. The number of rotatable bonds is 19. The summed E-state index contributed by atoms with van der Waals surface area (Å²) in [7, 11) is 0. The molecule has 93 heavy (non-hydrogen) atoms. The fraction of sp³-hybridized carbons (Fsp3) is 0.287. The molecule has 1 amide bonds. The predicted octanol–water partition coefficient (Wildman–Crippen LogP) is 19.3. The van der Waals surface area contributed by atoms with Gasteiger partial charge >= 0.3 is 0 Å². The van der Waals surface area contributed by atoms with E-state index in [1.54, 1.807) is 30.4 Å². The van der Waals surface area contributed by atoms with Gasteiger partial charge in [-0.2, -0.15) is 0 Å². The molecule has 0 bridgehead atoms. The van der Waals surface area contributed by atoms with Crippen LogP contribution in [0.3, 0.4) is 0 Å². The van der Waals surface area contributed by atoms with Crippen molar-refractivity contribution < 1.29 is 4.79 Å². The Labute approximate surface area is 558 Å². The number of aromatic nitrogens is 2. The Hall–Kier alpha value is -8.91. The topological polar surface area (TPSA) is 88.7 Å². The number of amides is 1. The third-order valence-corrected chi connectivity index (χ3v) is 21.8. The number of hydrogen-bond donors (Lipinski definition) is 2. The minimum Gasteiger partial charge on any atom is -0.372 e. The Balaban J connectivity index is 0.000000179. The van der Waals surface area contributed by atoms with Gasteiger partial charge in [-0.3, -0.25) is 4.79 Å². The van der Waals surface area contributed by atoms with E-state index in [9.17, 15) is 4.79 Å². The molecule has 476 valence electrons. The molecule has 0 radical (unpaired) electrons. The van der Waals surface area contributed by atoms with Gasteiger partial charge in [0.2, 0.25) is 5.91 Å². The maximum absolute atomic E-state index is 12.5. The van der Waals surface area contributed by atoms with Crippen LogP contribution in [0.2, 0.25) is 0 Å². The third-order valence-electron chi connectivity index (χ3n) is 19.0. The number of amidine groups is 2. The van der Waals surface area contributed by atoms with Crippen LogP contribution in [0.1, 0.15) is 110 Å². The number of anilines is 5.